The molecule has 0 spiro atoms. The van der Waals surface area contributed by atoms with E-state index in [-0.39, 0.29) is 0 Å². The lowest BCUT2D eigenvalue weighted by Crippen LogP contribution is -2.41. The molecule has 0 fully saturated rings. The molecule has 2 aromatic carbocycles. The van der Waals surface area contributed by atoms with Crippen LogP contribution in [-0.2, 0) is 13.1 Å². The maximum atomic E-state index is 12.4. The maximum Gasteiger partial charge on any atom is 0.316 e. The van der Waals surface area contributed by atoms with Gasteiger partial charge in [0.05, 0.1) is 22.1 Å². The molecule has 0 saturated heterocycles. The maximum absolute atomic E-state index is 12.4. The smallest absolute Gasteiger partial charge is 0.316 e. The Morgan fingerprint density at radius 1 is 0.920 bits per heavy atom. The molecule has 0 saturated carbocycles. The first-order valence-electron chi connectivity index (χ1n) is 8.36. The fourth-order valence-corrected chi connectivity index (χ4v) is 3.28. The Labute approximate surface area is 143 Å². The van der Waals surface area contributed by atoms with Gasteiger partial charge in [-0.15, -0.1) is 0 Å². The largest absolute Gasteiger partial charge is 0.338 e. The van der Waals surface area contributed by atoms with Crippen molar-refractivity contribution < 1.29 is 0 Å². The fourth-order valence-electron chi connectivity index (χ4n) is 3.28. The highest BCUT2D eigenvalue weighted by Crippen LogP contribution is 2.24. The summed E-state index contributed by atoms with van der Waals surface area (Å²) in [5.41, 5.74) is 3.10. The molecule has 6 heteroatoms. The zero-order valence-corrected chi connectivity index (χ0v) is 14.1. The van der Waals surface area contributed by atoms with E-state index in [0.717, 1.165) is 33.5 Å². The van der Waals surface area contributed by atoms with Gasteiger partial charge in [-0.1, -0.05) is 30.3 Å². The van der Waals surface area contributed by atoms with E-state index in [0.29, 0.717) is 13.1 Å². The topological polar surface area (TPSA) is 72.7 Å². The summed E-state index contributed by atoms with van der Waals surface area (Å²) in [7, 11) is 0. The number of aromatic nitrogens is 4. The van der Waals surface area contributed by atoms with Crippen LogP contribution in [0.2, 0.25) is 0 Å². The van der Waals surface area contributed by atoms with Crippen LogP contribution in [0, 0.1) is 0 Å². The average molecular weight is 334 g/mol. The van der Waals surface area contributed by atoms with Gasteiger partial charge < -0.3 is 14.1 Å². The third kappa shape index (κ3) is 2.29. The summed E-state index contributed by atoms with van der Waals surface area (Å²) < 4.78 is 3.03. The minimum Gasteiger partial charge on any atom is -0.338 e. The number of aryl methyl sites for hydroxylation is 2. The van der Waals surface area contributed by atoms with Crippen molar-refractivity contribution in [3.05, 3.63) is 63.2 Å². The molecule has 2 aromatic heterocycles. The monoisotopic (exact) mass is 334 g/mol. The molecule has 4 rings (SSSR count). The van der Waals surface area contributed by atoms with Crippen LogP contribution < -0.4 is 11.1 Å². The number of imidazole rings is 1. The summed E-state index contributed by atoms with van der Waals surface area (Å²) in [6, 6.07) is 13.6. The van der Waals surface area contributed by atoms with Crippen molar-refractivity contribution in [2.24, 2.45) is 0 Å². The van der Waals surface area contributed by atoms with Crippen LogP contribution in [-0.4, -0.2) is 19.1 Å². The van der Waals surface area contributed by atoms with Crippen LogP contribution in [0.15, 0.2) is 52.1 Å². The van der Waals surface area contributed by atoms with Gasteiger partial charge >= 0.3 is 11.1 Å². The van der Waals surface area contributed by atoms with Crippen molar-refractivity contribution >= 4 is 22.1 Å². The summed E-state index contributed by atoms with van der Waals surface area (Å²) in [6.07, 6.45) is 0. The first-order chi connectivity index (χ1) is 12.1. The van der Waals surface area contributed by atoms with E-state index < -0.39 is 11.1 Å². The summed E-state index contributed by atoms with van der Waals surface area (Å²) in [6.45, 7) is 4.61. The molecule has 25 heavy (non-hydrogen) atoms. The molecule has 0 unspecified atom stereocenters. The molecule has 0 radical (unpaired) electrons. The molecule has 1 N–H and O–H groups in total. The Balaban J connectivity index is 2.09. The molecule has 4 aromatic rings. The second kappa shape index (κ2) is 5.73. The highest BCUT2D eigenvalue weighted by Gasteiger charge is 2.14. The lowest BCUT2D eigenvalue weighted by Gasteiger charge is -2.12. The molecule has 2 heterocycles. The van der Waals surface area contributed by atoms with E-state index in [4.69, 9.17) is 0 Å². The number of H-pyrrole nitrogens is 1. The van der Waals surface area contributed by atoms with Crippen LogP contribution >= 0.6 is 0 Å². The van der Waals surface area contributed by atoms with Gasteiger partial charge in [0.1, 0.15) is 5.82 Å². The number of fused-ring (bicyclic) bond motifs is 2. The first kappa shape index (κ1) is 15.4. The standard InChI is InChI=1S/C19H18N4O2/c1-3-22-15-10-13-14(11-16(15)23(4-2)19(25)18(22)24)21-17(20-13)12-8-6-5-7-9-12/h5-11H,3-4H2,1-2H3,(H,20,21). The Hall–Kier alpha value is -3.15. The zero-order valence-electron chi connectivity index (χ0n) is 14.1. The lowest BCUT2D eigenvalue weighted by molar-refractivity contribution is 0.683. The summed E-state index contributed by atoms with van der Waals surface area (Å²) in [5, 5.41) is 0. The Morgan fingerprint density at radius 2 is 1.52 bits per heavy atom. The number of hydrogen-bond acceptors (Lipinski definition) is 3. The molecular weight excluding hydrogens is 316 g/mol. The van der Waals surface area contributed by atoms with Crippen LogP contribution in [0.25, 0.3) is 33.5 Å². The Morgan fingerprint density at radius 3 is 2.12 bits per heavy atom. The van der Waals surface area contributed by atoms with Gasteiger partial charge in [0, 0.05) is 18.7 Å². The van der Waals surface area contributed by atoms with Crippen molar-refractivity contribution in [1.82, 2.24) is 19.1 Å². The number of hydrogen-bond donors (Lipinski definition) is 1. The van der Waals surface area contributed by atoms with Gasteiger partial charge in [0.25, 0.3) is 0 Å². The highest BCUT2D eigenvalue weighted by molar-refractivity contribution is 5.92. The third-order valence-corrected chi connectivity index (χ3v) is 4.51. The number of aromatic amines is 1. The van der Waals surface area contributed by atoms with Gasteiger partial charge in [-0.05, 0) is 26.0 Å². The van der Waals surface area contributed by atoms with Crippen molar-refractivity contribution in [3.8, 4) is 11.4 Å². The van der Waals surface area contributed by atoms with Gasteiger partial charge in [0.2, 0.25) is 0 Å². The minimum atomic E-state index is -0.491. The van der Waals surface area contributed by atoms with Gasteiger partial charge in [0.15, 0.2) is 0 Å². The van der Waals surface area contributed by atoms with Gasteiger partial charge in [-0.25, -0.2) is 4.98 Å². The number of nitrogens with zero attached hydrogens (tertiary/aromatic N) is 3. The van der Waals surface area contributed by atoms with Gasteiger partial charge in [-0.3, -0.25) is 9.59 Å². The second-order valence-electron chi connectivity index (χ2n) is 5.91. The summed E-state index contributed by atoms with van der Waals surface area (Å²) in [4.78, 5) is 32.7. The third-order valence-electron chi connectivity index (χ3n) is 4.51. The van der Waals surface area contributed by atoms with Gasteiger partial charge in [-0.2, -0.15) is 0 Å². The SMILES string of the molecule is CCn1c(=O)c(=O)n(CC)c2cc3[nH]c(-c4ccccc4)nc3cc21. The number of rotatable bonds is 3. The molecule has 0 aliphatic heterocycles. The van der Waals surface area contributed by atoms with E-state index in [1.807, 2.05) is 56.3 Å². The number of nitrogens with one attached hydrogen (secondary N) is 1. The first-order valence-corrected chi connectivity index (χ1v) is 8.36. The Kier molecular flexibility index (Phi) is 3.53. The lowest BCUT2D eigenvalue weighted by atomic mass is 10.2. The molecule has 0 aliphatic carbocycles. The number of benzene rings is 2. The molecule has 126 valence electrons. The van der Waals surface area contributed by atoms with Crippen molar-refractivity contribution in [2.45, 2.75) is 26.9 Å². The van der Waals surface area contributed by atoms with Crippen LogP contribution in [0.4, 0.5) is 0 Å². The zero-order chi connectivity index (χ0) is 17.6. The van der Waals surface area contributed by atoms with Crippen molar-refractivity contribution in [1.29, 1.82) is 0 Å². The second-order valence-corrected chi connectivity index (χ2v) is 5.91. The minimum absolute atomic E-state index is 0.441. The molecule has 6 nitrogen and oxygen atoms in total. The quantitative estimate of drug-likeness (QED) is 0.586. The Bertz CT molecular complexity index is 1130. The van der Waals surface area contributed by atoms with Crippen molar-refractivity contribution in [2.75, 3.05) is 0 Å². The van der Waals surface area contributed by atoms with Crippen LogP contribution in [0.1, 0.15) is 13.8 Å². The summed E-state index contributed by atoms with van der Waals surface area (Å²) >= 11 is 0. The molecule has 0 atom stereocenters. The average Bonchev–Trinajstić information content (AvgIpc) is 3.05. The van der Waals surface area contributed by atoms with E-state index in [2.05, 4.69) is 9.97 Å². The highest BCUT2D eigenvalue weighted by atomic mass is 16.2. The van der Waals surface area contributed by atoms with Crippen molar-refractivity contribution in [3.63, 3.8) is 0 Å². The van der Waals surface area contributed by atoms with E-state index in [1.54, 1.807) is 0 Å². The van der Waals surface area contributed by atoms with Crippen LogP contribution in [0.3, 0.4) is 0 Å². The van der Waals surface area contributed by atoms with E-state index in [1.165, 1.54) is 9.13 Å². The molecule has 0 aliphatic rings. The molecule has 0 bridgehead atoms. The molecule has 0 amide bonds. The predicted molar refractivity (Wildman–Crippen MR) is 98.9 cm³/mol. The summed E-state index contributed by atoms with van der Waals surface area (Å²) in [5.74, 6) is 0.765. The normalized spacial score (nSPS) is 11.4. The van der Waals surface area contributed by atoms with E-state index >= 15 is 0 Å². The predicted octanol–water partition coefficient (Wildman–Crippen LogP) is 2.75. The molecular formula is C19H18N4O2. The fraction of sp³-hybridized carbons (Fsp3) is 0.211. The van der Waals surface area contributed by atoms with Crippen LogP contribution in [0.5, 0.6) is 0 Å². The van der Waals surface area contributed by atoms with E-state index in [9.17, 15) is 9.59 Å².